The standard InChI is InChI=1S/C13H23N/c1-10-6-12(7-10)14-9-13-5-3-2-4-11(13)8-13/h10-12,14H,2-9H2,1H3. The third-order valence-corrected chi connectivity index (χ3v) is 4.95. The van der Waals surface area contributed by atoms with Crippen LogP contribution in [0.4, 0.5) is 0 Å². The van der Waals surface area contributed by atoms with Gasteiger partial charge in [0.25, 0.3) is 0 Å². The van der Waals surface area contributed by atoms with Crippen molar-refractivity contribution >= 4 is 0 Å². The zero-order valence-electron chi connectivity index (χ0n) is 9.39. The van der Waals surface area contributed by atoms with Gasteiger partial charge in [0, 0.05) is 12.6 Å². The van der Waals surface area contributed by atoms with Gasteiger partial charge in [0.1, 0.15) is 0 Å². The largest absolute Gasteiger partial charge is 0.313 e. The number of hydrogen-bond donors (Lipinski definition) is 1. The first-order valence-corrected chi connectivity index (χ1v) is 6.52. The van der Waals surface area contributed by atoms with Gasteiger partial charge in [-0.3, -0.25) is 0 Å². The number of fused-ring (bicyclic) bond motifs is 1. The van der Waals surface area contributed by atoms with Crippen LogP contribution in [-0.4, -0.2) is 12.6 Å². The van der Waals surface area contributed by atoms with Gasteiger partial charge in [-0.2, -0.15) is 0 Å². The quantitative estimate of drug-likeness (QED) is 0.726. The average Bonchev–Trinajstić information content (AvgIpc) is 2.85. The van der Waals surface area contributed by atoms with Gasteiger partial charge in [-0.15, -0.1) is 0 Å². The summed E-state index contributed by atoms with van der Waals surface area (Å²) in [6, 6.07) is 0.877. The smallest absolute Gasteiger partial charge is 0.00723 e. The molecule has 0 heterocycles. The Kier molecular flexibility index (Phi) is 2.12. The Balaban J connectivity index is 1.44. The highest BCUT2D eigenvalue weighted by Gasteiger charge is 2.54. The molecule has 0 aromatic heterocycles. The van der Waals surface area contributed by atoms with Gasteiger partial charge < -0.3 is 5.32 Å². The highest BCUT2D eigenvalue weighted by Crippen LogP contribution is 2.61. The third kappa shape index (κ3) is 1.50. The first-order chi connectivity index (χ1) is 6.78. The van der Waals surface area contributed by atoms with E-state index in [-0.39, 0.29) is 0 Å². The van der Waals surface area contributed by atoms with Crippen LogP contribution in [0, 0.1) is 17.3 Å². The highest BCUT2D eigenvalue weighted by molar-refractivity contribution is 5.06. The Bertz CT molecular complexity index is 219. The fourth-order valence-electron chi connectivity index (χ4n) is 3.74. The van der Waals surface area contributed by atoms with Crippen LogP contribution < -0.4 is 5.32 Å². The summed E-state index contributed by atoms with van der Waals surface area (Å²) in [5.41, 5.74) is 0.789. The lowest BCUT2D eigenvalue weighted by Crippen LogP contribution is -2.43. The van der Waals surface area contributed by atoms with Crippen LogP contribution in [0.25, 0.3) is 0 Å². The second-order valence-corrected chi connectivity index (χ2v) is 6.16. The molecule has 1 nitrogen and oxygen atoms in total. The molecule has 2 atom stereocenters. The van der Waals surface area contributed by atoms with Gasteiger partial charge in [-0.05, 0) is 49.4 Å². The van der Waals surface area contributed by atoms with Crippen molar-refractivity contribution in [2.75, 3.05) is 6.54 Å². The minimum Gasteiger partial charge on any atom is -0.313 e. The molecule has 0 aromatic rings. The van der Waals surface area contributed by atoms with E-state index in [0.717, 1.165) is 23.3 Å². The summed E-state index contributed by atoms with van der Waals surface area (Å²) in [5.74, 6) is 2.10. The number of rotatable bonds is 3. The topological polar surface area (TPSA) is 12.0 Å². The molecule has 80 valence electrons. The summed E-state index contributed by atoms with van der Waals surface area (Å²) in [5, 5.41) is 3.80. The van der Waals surface area contributed by atoms with E-state index in [4.69, 9.17) is 0 Å². The first-order valence-electron chi connectivity index (χ1n) is 6.52. The molecular formula is C13H23N. The van der Waals surface area contributed by atoms with Crippen molar-refractivity contribution < 1.29 is 0 Å². The molecule has 0 spiro atoms. The normalized spacial score (nSPS) is 50.8. The molecule has 0 amide bonds. The lowest BCUT2D eigenvalue weighted by atomic mass is 9.81. The Morgan fingerprint density at radius 1 is 1.29 bits per heavy atom. The molecule has 2 unspecified atom stereocenters. The maximum atomic E-state index is 3.80. The van der Waals surface area contributed by atoms with Crippen LogP contribution in [0.5, 0.6) is 0 Å². The van der Waals surface area contributed by atoms with Crippen LogP contribution in [0.1, 0.15) is 51.9 Å². The minimum atomic E-state index is 0.789. The summed E-state index contributed by atoms with van der Waals surface area (Å²) in [7, 11) is 0. The molecule has 0 bridgehead atoms. The van der Waals surface area contributed by atoms with Crippen LogP contribution >= 0.6 is 0 Å². The van der Waals surface area contributed by atoms with Gasteiger partial charge in [0.15, 0.2) is 0 Å². The van der Waals surface area contributed by atoms with E-state index in [0.29, 0.717) is 0 Å². The summed E-state index contributed by atoms with van der Waals surface area (Å²) in [6.07, 6.45) is 10.5. The van der Waals surface area contributed by atoms with E-state index in [1.54, 1.807) is 6.42 Å². The van der Waals surface area contributed by atoms with E-state index in [9.17, 15) is 0 Å². The molecule has 3 saturated carbocycles. The molecule has 0 saturated heterocycles. The predicted molar refractivity (Wildman–Crippen MR) is 59.2 cm³/mol. The summed E-state index contributed by atoms with van der Waals surface area (Å²) < 4.78 is 0. The second-order valence-electron chi connectivity index (χ2n) is 6.16. The molecule has 3 rings (SSSR count). The van der Waals surface area contributed by atoms with Crippen molar-refractivity contribution in [1.29, 1.82) is 0 Å². The van der Waals surface area contributed by atoms with Crippen molar-refractivity contribution in [2.24, 2.45) is 17.3 Å². The third-order valence-electron chi connectivity index (χ3n) is 4.95. The minimum absolute atomic E-state index is 0.789. The SMILES string of the molecule is CC1CC(NCC23CCCCC2C3)C1. The predicted octanol–water partition coefficient (Wildman–Crippen LogP) is 2.95. The van der Waals surface area contributed by atoms with Gasteiger partial charge in [0.2, 0.25) is 0 Å². The van der Waals surface area contributed by atoms with E-state index < -0.39 is 0 Å². The van der Waals surface area contributed by atoms with Crippen molar-refractivity contribution in [1.82, 2.24) is 5.32 Å². The number of nitrogens with one attached hydrogen (secondary N) is 1. The van der Waals surface area contributed by atoms with Crippen LogP contribution in [-0.2, 0) is 0 Å². The Morgan fingerprint density at radius 3 is 2.86 bits per heavy atom. The Labute approximate surface area is 87.7 Å². The summed E-state index contributed by atoms with van der Waals surface area (Å²) in [6.45, 7) is 3.71. The second kappa shape index (κ2) is 3.23. The first kappa shape index (κ1) is 9.21. The van der Waals surface area contributed by atoms with Gasteiger partial charge in [-0.1, -0.05) is 19.8 Å². The molecule has 1 heteroatoms. The van der Waals surface area contributed by atoms with Crippen molar-refractivity contribution in [3.05, 3.63) is 0 Å². The van der Waals surface area contributed by atoms with Gasteiger partial charge >= 0.3 is 0 Å². The summed E-state index contributed by atoms with van der Waals surface area (Å²) >= 11 is 0. The lowest BCUT2D eigenvalue weighted by molar-refractivity contribution is 0.214. The molecule has 3 aliphatic rings. The molecule has 3 aliphatic carbocycles. The maximum absolute atomic E-state index is 3.80. The highest BCUT2D eigenvalue weighted by atomic mass is 15.0. The molecule has 3 fully saturated rings. The van der Waals surface area contributed by atoms with E-state index in [1.165, 1.54) is 45.1 Å². The monoisotopic (exact) mass is 193 g/mol. The van der Waals surface area contributed by atoms with Gasteiger partial charge in [-0.25, -0.2) is 0 Å². The molecule has 0 radical (unpaired) electrons. The van der Waals surface area contributed by atoms with Crippen LogP contribution in [0.2, 0.25) is 0 Å². The van der Waals surface area contributed by atoms with Crippen LogP contribution in [0.15, 0.2) is 0 Å². The van der Waals surface area contributed by atoms with Crippen molar-refractivity contribution in [3.63, 3.8) is 0 Å². The zero-order chi connectivity index (χ0) is 9.60. The lowest BCUT2D eigenvalue weighted by Gasteiger charge is -2.35. The maximum Gasteiger partial charge on any atom is 0.00723 e. The summed E-state index contributed by atoms with van der Waals surface area (Å²) in [4.78, 5) is 0. The molecule has 0 aromatic carbocycles. The molecular weight excluding hydrogens is 170 g/mol. The van der Waals surface area contributed by atoms with Gasteiger partial charge in [0.05, 0.1) is 0 Å². The van der Waals surface area contributed by atoms with Crippen molar-refractivity contribution in [2.45, 2.75) is 57.9 Å². The van der Waals surface area contributed by atoms with Crippen molar-refractivity contribution in [3.8, 4) is 0 Å². The molecule has 14 heavy (non-hydrogen) atoms. The van der Waals surface area contributed by atoms with E-state index >= 15 is 0 Å². The zero-order valence-corrected chi connectivity index (χ0v) is 9.39. The molecule has 0 aliphatic heterocycles. The number of hydrogen-bond acceptors (Lipinski definition) is 1. The Hall–Kier alpha value is -0.0400. The molecule has 1 N–H and O–H groups in total. The fourth-order valence-corrected chi connectivity index (χ4v) is 3.74. The van der Waals surface area contributed by atoms with E-state index in [2.05, 4.69) is 12.2 Å². The Morgan fingerprint density at radius 2 is 2.14 bits per heavy atom. The van der Waals surface area contributed by atoms with Crippen LogP contribution in [0.3, 0.4) is 0 Å². The van der Waals surface area contributed by atoms with E-state index in [1.807, 2.05) is 0 Å². The average molecular weight is 193 g/mol. The fraction of sp³-hybridized carbons (Fsp3) is 1.00.